The van der Waals surface area contributed by atoms with Crippen molar-refractivity contribution in [1.29, 1.82) is 0 Å². The summed E-state index contributed by atoms with van der Waals surface area (Å²) in [5, 5.41) is 2.48. The maximum atomic E-state index is 13.1. The van der Waals surface area contributed by atoms with E-state index in [-0.39, 0.29) is 24.1 Å². The fraction of sp³-hybridized carbons (Fsp3) is 0.417. The van der Waals surface area contributed by atoms with Crippen molar-refractivity contribution in [2.24, 2.45) is 0 Å². The number of rotatable bonds is 2. The molecular weight excluding hydrogens is 245 g/mol. The minimum atomic E-state index is -2.69. The van der Waals surface area contributed by atoms with E-state index in [4.69, 9.17) is 5.73 Å². The Morgan fingerprint density at radius 2 is 2.06 bits per heavy atom. The second kappa shape index (κ2) is 4.19. The van der Waals surface area contributed by atoms with Crippen molar-refractivity contribution in [2.45, 2.75) is 31.7 Å². The van der Waals surface area contributed by atoms with E-state index in [0.717, 1.165) is 6.07 Å². The zero-order chi connectivity index (χ0) is 13.5. The first kappa shape index (κ1) is 12.7. The largest absolute Gasteiger partial charge is 0.396 e. The van der Waals surface area contributed by atoms with E-state index in [1.165, 1.54) is 6.07 Å². The van der Waals surface area contributed by atoms with Crippen LogP contribution in [0.5, 0.6) is 0 Å². The fourth-order valence-corrected chi connectivity index (χ4v) is 1.96. The maximum absolute atomic E-state index is 13.1. The summed E-state index contributed by atoms with van der Waals surface area (Å²) in [7, 11) is 0. The molecular formula is C12H13F3N2O. The van der Waals surface area contributed by atoms with Crippen molar-refractivity contribution in [2.75, 3.05) is 5.73 Å². The standard InChI is InChI=1S/C12H13F3N2O/c1-6-2-9(13)10(16)3-8(6)11(18)17-7-4-12(14,15)5-7/h2-3,7H,4-5,16H2,1H3,(H,17,18). The molecule has 98 valence electrons. The predicted molar refractivity (Wildman–Crippen MR) is 61.0 cm³/mol. The Hall–Kier alpha value is -1.72. The SMILES string of the molecule is Cc1cc(F)c(N)cc1C(=O)NC1CC(F)(F)C1. The van der Waals surface area contributed by atoms with Crippen LogP contribution >= 0.6 is 0 Å². The summed E-state index contributed by atoms with van der Waals surface area (Å²) in [5.41, 5.74) is 5.87. The Morgan fingerprint density at radius 3 is 2.61 bits per heavy atom. The lowest BCUT2D eigenvalue weighted by Gasteiger charge is -2.35. The number of hydrogen-bond acceptors (Lipinski definition) is 2. The molecule has 0 bridgehead atoms. The molecule has 0 aliphatic heterocycles. The summed E-state index contributed by atoms with van der Waals surface area (Å²) in [6.45, 7) is 1.56. The molecule has 1 aromatic rings. The molecule has 0 unspecified atom stereocenters. The summed E-state index contributed by atoms with van der Waals surface area (Å²) < 4.78 is 38.3. The van der Waals surface area contributed by atoms with Crippen molar-refractivity contribution < 1.29 is 18.0 Å². The van der Waals surface area contributed by atoms with Crippen LogP contribution in [-0.2, 0) is 0 Å². The van der Waals surface area contributed by atoms with E-state index in [2.05, 4.69) is 5.32 Å². The van der Waals surface area contributed by atoms with Crippen molar-refractivity contribution in [1.82, 2.24) is 5.32 Å². The van der Waals surface area contributed by atoms with Gasteiger partial charge in [-0.2, -0.15) is 0 Å². The second-order valence-corrected chi connectivity index (χ2v) is 4.62. The number of benzene rings is 1. The van der Waals surface area contributed by atoms with Crippen LogP contribution in [0.3, 0.4) is 0 Å². The first-order valence-electron chi connectivity index (χ1n) is 5.53. The fourth-order valence-electron chi connectivity index (χ4n) is 1.96. The normalized spacial score (nSPS) is 18.2. The van der Waals surface area contributed by atoms with Gasteiger partial charge in [0.05, 0.1) is 5.69 Å². The monoisotopic (exact) mass is 258 g/mol. The van der Waals surface area contributed by atoms with E-state index >= 15 is 0 Å². The molecule has 0 spiro atoms. The minimum absolute atomic E-state index is 0.135. The third-order valence-corrected chi connectivity index (χ3v) is 3.01. The van der Waals surface area contributed by atoms with Crippen LogP contribution in [0.2, 0.25) is 0 Å². The van der Waals surface area contributed by atoms with Gasteiger partial charge in [0.2, 0.25) is 0 Å². The molecule has 18 heavy (non-hydrogen) atoms. The molecule has 1 aromatic carbocycles. The molecule has 3 nitrogen and oxygen atoms in total. The minimum Gasteiger partial charge on any atom is -0.396 e. The van der Waals surface area contributed by atoms with Crippen LogP contribution in [0.1, 0.15) is 28.8 Å². The van der Waals surface area contributed by atoms with Gasteiger partial charge in [0.15, 0.2) is 0 Å². The van der Waals surface area contributed by atoms with Crippen LogP contribution in [0.15, 0.2) is 12.1 Å². The molecule has 1 fully saturated rings. The van der Waals surface area contributed by atoms with Crippen LogP contribution in [-0.4, -0.2) is 17.9 Å². The molecule has 1 amide bonds. The molecule has 0 radical (unpaired) electrons. The Kier molecular flexibility index (Phi) is 2.96. The summed E-state index contributed by atoms with van der Waals surface area (Å²) in [4.78, 5) is 11.8. The Labute approximate surface area is 102 Å². The summed E-state index contributed by atoms with van der Waals surface area (Å²) in [5.74, 6) is -3.78. The number of nitrogens with two attached hydrogens (primary N) is 1. The second-order valence-electron chi connectivity index (χ2n) is 4.62. The van der Waals surface area contributed by atoms with Crippen molar-refractivity contribution in [3.8, 4) is 0 Å². The zero-order valence-corrected chi connectivity index (χ0v) is 9.77. The Bertz CT molecular complexity index is 494. The number of halogens is 3. The summed E-state index contributed by atoms with van der Waals surface area (Å²) in [6, 6.07) is 1.84. The number of nitrogens with one attached hydrogen (secondary N) is 1. The molecule has 6 heteroatoms. The van der Waals surface area contributed by atoms with Crippen molar-refractivity contribution >= 4 is 11.6 Å². The van der Waals surface area contributed by atoms with E-state index in [9.17, 15) is 18.0 Å². The summed E-state index contributed by atoms with van der Waals surface area (Å²) >= 11 is 0. The quantitative estimate of drug-likeness (QED) is 0.799. The van der Waals surface area contributed by atoms with Gasteiger partial charge in [0, 0.05) is 24.4 Å². The van der Waals surface area contributed by atoms with Gasteiger partial charge in [-0.25, -0.2) is 13.2 Å². The van der Waals surface area contributed by atoms with Gasteiger partial charge in [-0.1, -0.05) is 0 Å². The third kappa shape index (κ3) is 2.42. The number of alkyl halides is 2. The number of amides is 1. The van der Waals surface area contributed by atoms with Crippen molar-refractivity contribution in [3.63, 3.8) is 0 Å². The molecule has 0 saturated heterocycles. The highest BCUT2D eigenvalue weighted by Crippen LogP contribution is 2.37. The number of carbonyl (C=O) groups is 1. The maximum Gasteiger partial charge on any atom is 0.252 e. The van der Waals surface area contributed by atoms with Gasteiger partial charge < -0.3 is 11.1 Å². The molecule has 1 saturated carbocycles. The molecule has 3 N–H and O–H groups in total. The van der Waals surface area contributed by atoms with Crippen LogP contribution in [0, 0.1) is 12.7 Å². The molecule has 0 aromatic heterocycles. The molecule has 0 heterocycles. The third-order valence-electron chi connectivity index (χ3n) is 3.01. The average Bonchev–Trinajstić information content (AvgIpc) is 2.20. The van der Waals surface area contributed by atoms with E-state index in [1.54, 1.807) is 6.92 Å². The lowest BCUT2D eigenvalue weighted by Crippen LogP contribution is -2.50. The van der Waals surface area contributed by atoms with Gasteiger partial charge in [-0.15, -0.1) is 0 Å². The number of hydrogen-bond donors (Lipinski definition) is 2. The molecule has 2 rings (SSSR count). The van der Waals surface area contributed by atoms with Crippen LogP contribution < -0.4 is 11.1 Å². The Morgan fingerprint density at radius 1 is 1.44 bits per heavy atom. The first-order valence-corrected chi connectivity index (χ1v) is 5.53. The zero-order valence-electron chi connectivity index (χ0n) is 9.77. The van der Waals surface area contributed by atoms with E-state index in [1.807, 2.05) is 0 Å². The highest BCUT2D eigenvalue weighted by molar-refractivity contribution is 5.96. The molecule has 0 atom stereocenters. The van der Waals surface area contributed by atoms with Gasteiger partial charge >= 0.3 is 0 Å². The lowest BCUT2D eigenvalue weighted by molar-refractivity contribution is -0.0901. The topological polar surface area (TPSA) is 55.1 Å². The summed E-state index contributed by atoms with van der Waals surface area (Å²) in [6.07, 6.45) is -0.705. The lowest BCUT2D eigenvalue weighted by atomic mass is 9.88. The number of carbonyl (C=O) groups excluding carboxylic acids is 1. The van der Waals surface area contributed by atoms with E-state index in [0.29, 0.717) is 5.56 Å². The van der Waals surface area contributed by atoms with Crippen LogP contribution in [0.25, 0.3) is 0 Å². The van der Waals surface area contributed by atoms with Gasteiger partial charge in [0.25, 0.3) is 11.8 Å². The van der Waals surface area contributed by atoms with Gasteiger partial charge in [-0.3, -0.25) is 4.79 Å². The predicted octanol–water partition coefficient (Wildman–Crippen LogP) is 2.24. The van der Waals surface area contributed by atoms with Gasteiger partial charge in [0.1, 0.15) is 5.82 Å². The number of anilines is 1. The number of nitrogen functional groups attached to an aromatic ring is 1. The highest BCUT2D eigenvalue weighted by Gasteiger charge is 2.46. The van der Waals surface area contributed by atoms with Crippen LogP contribution in [0.4, 0.5) is 18.9 Å². The molecule has 1 aliphatic rings. The Balaban J connectivity index is 2.08. The number of aryl methyl sites for hydroxylation is 1. The van der Waals surface area contributed by atoms with Gasteiger partial charge in [-0.05, 0) is 24.6 Å². The van der Waals surface area contributed by atoms with Crippen molar-refractivity contribution in [3.05, 3.63) is 29.1 Å². The highest BCUT2D eigenvalue weighted by atomic mass is 19.3. The molecule has 1 aliphatic carbocycles. The van der Waals surface area contributed by atoms with E-state index < -0.39 is 23.7 Å². The first-order chi connectivity index (χ1) is 8.28. The average molecular weight is 258 g/mol. The smallest absolute Gasteiger partial charge is 0.252 e.